The lowest BCUT2D eigenvalue weighted by Gasteiger charge is -2.32. The number of methoxy groups -OCH3 is 1. The fraction of sp³-hybridized carbons (Fsp3) is 0.562. The van der Waals surface area contributed by atoms with E-state index in [9.17, 15) is 4.79 Å². The van der Waals surface area contributed by atoms with E-state index >= 15 is 0 Å². The molecule has 4 heteroatoms. The zero-order chi connectivity index (χ0) is 14.5. The second kappa shape index (κ2) is 6.75. The van der Waals surface area contributed by atoms with Gasteiger partial charge in [-0.15, -0.1) is 0 Å². The van der Waals surface area contributed by atoms with Gasteiger partial charge in [-0.25, -0.2) is 0 Å². The van der Waals surface area contributed by atoms with Gasteiger partial charge in [-0.3, -0.25) is 4.79 Å². The summed E-state index contributed by atoms with van der Waals surface area (Å²) in [5.74, 6) is 0.841. The second-order valence-electron chi connectivity index (χ2n) is 5.52. The molecule has 1 heterocycles. The molecule has 1 aliphatic heterocycles. The SMILES string of the molecule is COc1cccc(CC(=O)NC2C[C@H](C)O[C@@H](C)C2)c1. The second-order valence-corrected chi connectivity index (χ2v) is 5.52. The van der Waals surface area contributed by atoms with E-state index in [0.717, 1.165) is 24.2 Å². The fourth-order valence-corrected chi connectivity index (χ4v) is 2.77. The van der Waals surface area contributed by atoms with Crippen molar-refractivity contribution in [2.75, 3.05) is 7.11 Å². The number of hydrogen-bond donors (Lipinski definition) is 1. The molecule has 110 valence electrons. The van der Waals surface area contributed by atoms with Gasteiger partial charge in [-0.2, -0.15) is 0 Å². The topological polar surface area (TPSA) is 47.6 Å². The van der Waals surface area contributed by atoms with Crippen molar-refractivity contribution in [3.05, 3.63) is 29.8 Å². The van der Waals surface area contributed by atoms with Crippen LogP contribution < -0.4 is 10.1 Å². The third-order valence-electron chi connectivity index (χ3n) is 3.56. The molecule has 2 atom stereocenters. The zero-order valence-electron chi connectivity index (χ0n) is 12.4. The number of nitrogens with one attached hydrogen (secondary N) is 1. The third kappa shape index (κ3) is 4.23. The lowest BCUT2D eigenvalue weighted by Crippen LogP contribution is -2.44. The molecule has 0 aromatic heterocycles. The maximum atomic E-state index is 12.1. The van der Waals surface area contributed by atoms with E-state index < -0.39 is 0 Å². The minimum absolute atomic E-state index is 0.0598. The summed E-state index contributed by atoms with van der Waals surface area (Å²) < 4.78 is 10.8. The van der Waals surface area contributed by atoms with Crippen molar-refractivity contribution in [3.63, 3.8) is 0 Å². The van der Waals surface area contributed by atoms with Crippen molar-refractivity contribution in [2.45, 2.75) is 51.4 Å². The van der Waals surface area contributed by atoms with Gasteiger partial charge in [0.2, 0.25) is 5.91 Å². The van der Waals surface area contributed by atoms with Gasteiger partial charge in [0.25, 0.3) is 0 Å². The molecule has 0 bridgehead atoms. The Hall–Kier alpha value is -1.55. The molecule has 1 aromatic rings. The van der Waals surface area contributed by atoms with Crippen molar-refractivity contribution < 1.29 is 14.3 Å². The van der Waals surface area contributed by atoms with Crippen LogP contribution >= 0.6 is 0 Å². The number of amides is 1. The number of ether oxygens (including phenoxy) is 2. The monoisotopic (exact) mass is 277 g/mol. The van der Waals surface area contributed by atoms with Crippen LogP contribution in [0.1, 0.15) is 32.3 Å². The first kappa shape index (κ1) is 14.9. The molecular formula is C16H23NO3. The van der Waals surface area contributed by atoms with Crippen LogP contribution in [0.2, 0.25) is 0 Å². The summed E-state index contributed by atoms with van der Waals surface area (Å²) in [6, 6.07) is 7.84. The van der Waals surface area contributed by atoms with Gasteiger partial charge in [0, 0.05) is 6.04 Å². The van der Waals surface area contributed by atoms with Gasteiger partial charge in [-0.05, 0) is 44.4 Å². The van der Waals surface area contributed by atoms with E-state index in [2.05, 4.69) is 19.2 Å². The summed E-state index contributed by atoms with van der Waals surface area (Å²) in [4.78, 5) is 12.1. The molecule has 1 saturated heterocycles. The fourth-order valence-electron chi connectivity index (χ4n) is 2.77. The zero-order valence-corrected chi connectivity index (χ0v) is 12.4. The van der Waals surface area contributed by atoms with Crippen LogP contribution in [0, 0.1) is 0 Å². The minimum Gasteiger partial charge on any atom is -0.497 e. The van der Waals surface area contributed by atoms with Crippen molar-refractivity contribution >= 4 is 5.91 Å². The van der Waals surface area contributed by atoms with Crippen LogP contribution in [0.5, 0.6) is 5.75 Å². The maximum absolute atomic E-state index is 12.1. The highest BCUT2D eigenvalue weighted by Crippen LogP contribution is 2.19. The molecule has 1 amide bonds. The molecule has 1 aliphatic rings. The molecule has 1 fully saturated rings. The van der Waals surface area contributed by atoms with Gasteiger partial charge in [-0.1, -0.05) is 12.1 Å². The Morgan fingerprint density at radius 1 is 1.35 bits per heavy atom. The Morgan fingerprint density at radius 2 is 2.05 bits per heavy atom. The molecule has 0 saturated carbocycles. The number of rotatable bonds is 4. The highest BCUT2D eigenvalue weighted by Gasteiger charge is 2.25. The molecule has 0 unspecified atom stereocenters. The summed E-state index contributed by atoms with van der Waals surface area (Å²) >= 11 is 0. The first-order valence-electron chi connectivity index (χ1n) is 7.14. The molecule has 20 heavy (non-hydrogen) atoms. The predicted octanol–water partition coefficient (Wildman–Crippen LogP) is 2.31. The lowest BCUT2D eigenvalue weighted by molar-refractivity contribution is -0.122. The quantitative estimate of drug-likeness (QED) is 0.918. The molecule has 1 N–H and O–H groups in total. The first-order valence-corrected chi connectivity index (χ1v) is 7.14. The molecule has 1 aromatic carbocycles. The summed E-state index contributed by atoms with van der Waals surface area (Å²) in [5, 5.41) is 3.11. The number of hydrogen-bond acceptors (Lipinski definition) is 3. The van der Waals surface area contributed by atoms with E-state index in [1.807, 2.05) is 24.3 Å². The maximum Gasteiger partial charge on any atom is 0.224 e. The largest absolute Gasteiger partial charge is 0.497 e. The van der Waals surface area contributed by atoms with Gasteiger partial charge >= 0.3 is 0 Å². The van der Waals surface area contributed by atoms with Crippen molar-refractivity contribution in [1.82, 2.24) is 5.32 Å². The summed E-state index contributed by atoms with van der Waals surface area (Å²) in [5.41, 5.74) is 0.968. The highest BCUT2D eigenvalue weighted by atomic mass is 16.5. The van der Waals surface area contributed by atoms with Crippen molar-refractivity contribution in [1.29, 1.82) is 0 Å². The van der Waals surface area contributed by atoms with E-state index in [1.54, 1.807) is 7.11 Å². The van der Waals surface area contributed by atoms with Crippen LogP contribution in [0.15, 0.2) is 24.3 Å². The Balaban J connectivity index is 1.88. The molecule has 0 spiro atoms. The summed E-state index contributed by atoms with van der Waals surface area (Å²) in [6.07, 6.45) is 2.57. The Labute approximate surface area is 120 Å². The van der Waals surface area contributed by atoms with E-state index in [-0.39, 0.29) is 24.2 Å². The average Bonchev–Trinajstić information content (AvgIpc) is 2.37. The van der Waals surface area contributed by atoms with Gasteiger partial charge in [0.1, 0.15) is 5.75 Å². The predicted molar refractivity (Wildman–Crippen MR) is 77.9 cm³/mol. The number of carbonyl (C=O) groups is 1. The van der Waals surface area contributed by atoms with Crippen LogP contribution in [-0.2, 0) is 16.0 Å². The standard InChI is InChI=1S/C16H23NO3/c1-11-7-14(8-12(2)20-11)17-16(18)10-13-5-4-6-15(9-13)19-3/h4-6,9,11-12,14H,7-8,10H2,1-3H3,(H,17,18)/t11-,12-/m0/s1. The van der Waals surface area contributed by atoms with Crippen LogP contribution in [0.4, 0.5) is 0 Å². The minimum atomic E-state index is 0.0598. The Morgan fingerprint density at radius 3 is 2.70 bits per heavy atom. The molecular weight excluding hydrogens is 254 g/mol. The number of benzene rings is 1. The average molecular weight is 277 g/mol. The van der Waals surface area contributed by atoms with Gasteiger partial charge < -0.3 is 14.8 Å². The van der Waals surface area contributed by atoms with E-state index in [4.69, 9.17) is 9.47 Å². The molecule has 0 radical (unpaired) electrons. The van der Waals surface area contributed by atoms with Crippen LogP contribution in [0.25, 0.3) is 0 Å². The van der Waals surface area contributed by atoms with E-state index in [1.165, 1.54) is 0 Å². The lowest BCUT2D eigenvalue weighted by atomic mass is 9.99. The molecule has 0 aliphatic carbocycles. The van der Waals surface area contributed by atoms with Crippen LogP contribution in [-0.4, -0.2) is 31.3 Å². The van der Waals surface area contributed by atoms with Gasteiger partial charge in [0.05, 0.1) is 25.7 Å². The summed E-state index contributed by atoms with van der Waals surface area (Å²) in [7, 11) is 1.63. The van der Waals surface area contributed by atoms with Crippen molar-refractivity contribution in [2.24, 2.45) is 0 Å². The van der Waals surface area contributed by atoms with Gasteiger partial charge in [0.15, 0.2) is 0 Å². The Bertz CT molecular complexity index is 451. The first-order chi connectivity index (χ1) is 9.56. The van der Waals surface area contributed by atoms with Crippen LogP contribution in [0.3, 0.4) is 0 Å². The normalized spacial score (nSPS) is 26.1. The third-order valence-corrected chi connectivity index (χ3v) is 3.56. The highest BCUT2D eigenvalue weighted by molar-refractivity contribution is 5.79. The molecule has 2 rings (SSSR count). The number of carbonyl (C=O) groups excluding carboxylic acids is 1. The molecule has 4 nitrogen and oxygen atoms in total. The smallest absolute Gasteiger partial charge is 0.224 e. The summed E-state index contributed by atoms with van der Waals surface area (Å²) in [6.45, 7) is 4.10. The Kier molecular flexibility index (Phi) is 5.01. The van der Waals surface area contributed by atoms with E-state index in [0.29, 0.717) is 6.42 Å². The van der Waals surface area contributed by atoms with Crippen molar-refractivity contribution in [3.8, 4) is 5.75 Å².